The summed E-state index contributed by atoms with van der Waals surface area (Å²) in [4.78, 5) is 26.3. The fourth-order valence-electron chi connectivity index (χ4n) is 3.12. The molecule has 0 unspecified atom stereocenters. The Balaban J connectivity index is 1.58. The van der Waals surface area contributed by atoms with Crippen molar-refractivity contribution in [2.24, 2.45) is 5.92 Å². The van der Waals surface area contributed by atoms with Crippen molar-refractivity contribution in [3.63, 3.8) is 0 Å². The number of fused-ring (bicyclic) bond motifs is 1. The summed E-state index contributed by atoms with van der Waals surface area (Å²) in [6.45, 7) is 2.21. The fraction of sp³-hybridized carbons (Fsp3) is 0.368. The molecule has 0 saturated heterocycles. The molecule has 2 aromatic rings. The summed E-state index contributed by atoms with van der Waals surface area (Å²) >= 11 is 1.48. The second-order valence-electron chi connectivity index (χ2n) is 7.08. The van der Waals surface area contributed by atoms with Gasteiger partial charge >= 0.3 is 0 Å². The van der Waals surface area contributed by atoms with Crippen LogP contribution in [0.5, 0.6) is 0 Å². The molecule has 2 N–H and O–H groups in total. The molecule has 0 spiro atoms. The van der Waals surface area contributed by atoms with E-state index in [2.05, 4.69) is 17.8 Å². The predicted octanol–water partition coefficient (Wildman–Crippen LogP) is 2.49. The molecule has 0 bridgehead atoms. The molecular weight excluding hydrogens is 384 g/mol. The van der Waals surface area contributed by atoms with E-state index in [4.69, 9.17) is 0 Å². The van der Waals surface area contributed by atoms with Crippen LogP contribution in [0.4, 0.5) is 0 Å². The smallest absolute Gasteiger partial charge is 0.267 e. The van der Waals surface area contributed by atoms with Gasteiger partial charge in [-0.25, -0.2) is 8.42 Å². The maximum absolute atomic E-state index is 12.3. The highest BCUT2D eigenvalue weighted by Gasteiger charge is 2.21. The van der Waals surface area contributed by atoms with Gasteiger partial charge < -0.3 is 0 Å². The van der Waals surface area contributed by atoms with E-state index in [0.717, 1.165) is 25.5 Å². The Labute approximate surface area is 162 Å². The summed E-state index contributed by atoms with van der Waals surface area (Å²) in [6, 6.07) is 8.16. The first-order valence-corrected chi connectivity index (χ1v) is 11.6. The minimum atomic E-state index is -3.12. The van der Waals surface area contributed by atoms with Crippen molar-refractivity contribution in [2.45, 2.75) is 31.9 Å². The summed E-state index contributed by atoms with van der Waals surface area (Å²) in [5, 5.41) is 0. The van der Waals surface area contributed by atoms with E-state index in [9.17, 15) is 18.0 Å². The molecule has 1 atom stereocenters. The van der Waals surface area contributed by atoms with Crippen molar-refractivity contribution in [2.75, 3.05) is 6.26 Å². The van der Waals surface area contributed by atoms with Gasteiger partial charge in [-0.05, 0) is 54.5 Å². The van der Waals surface area contributed by atoms with Gasteiger partial charge in [0.2, 0.25) is 0 Å². The standard InChI is InChI=1S/C19H22N2O4S2/c1-12-3-8-16-15(9-12)10-17(26-16)19(23)21-20-18(22)14-6-4-13(5-7-14)11-27(2,24)25/h4-7,10,12H,3,8-9,11H2,1-2H3,(H,20,22)(H,21,23)/t12-/m0/s1. The topological polar surface area (TPSA) is 92.3 Å². The number of rotatable bonds is 4. The van der Waals surface area contributed by atoms with Crippen LogP contribution in [0.2, 0.25) is 0 Å². The van der Waals surface area contributed by atoms with Gasteiger partial charge in [0.1, 0.15) is 0 Å². The van der Waals surface area contributed by atoms with E-state index >= 15 is 0 Å². The molecule has 2 amide bonds. The molecule has 0 radical (unpaired) electrons. The molecule has 1 aliphatic rings. The van der Waals surface area contributed by atoms with Crippen LogP contribution in [0.25, 0.3) is 0 Å². The van der Waals surface area contributed by atoms with Crippen molar-refractivity contribution in [3.05, 3.63) is 56.8 Å². The molecule has 3 rings (SSSR count). The molecule has 0 saturated carbocycles. The second kappa shape index (κ2) is 7.82. The number of nitrogens with one attached hydrogen (secondary N) is 2. The highest BCUT2D eigenvalue weighted by Crippen LogP contribution is 2.32. The fourth-order valence-corrected chi connectivity index (χ4v) is 5.02. The number of aryl methyl sites for hydroxylation is 1. The summed E-state index contributed by atoms with van der Waals surface area (Å²) in [5.41, 5.74) is 7.03. The maximum atomic E-state index is 12.3. The van der Waals surface area contributed by atoms with E-state index in [1.165, 1.54) is 33.9 Å². The van der Waals surface area contributed by atoms with Crippen LogP contribution in [0.1, 0.15) is 49.4 Å². The number of amides is 2. The number of carbonyl (C=O) groups excluding carboxylic acids is 2. The van der Waals surface area contributed by atoms with Gasteiger partial charge in [-0.15, -0.1) is 11.3 Å². The molecule has 1 aromatic heterocycles. The summed E-state index contributed by atoms with van der Waals surface area (Å²) < 4.78 is 22.6. The minimum absolute atomic E-state index is 0.0761. The molecule has 144 valence electrons. The van der Waals surface area contributed by atoms with E-state index in [-0.39, 0.29) is 11.7 Å². The van der Waals surface area contributed by atoms with Crippen molar-refractivity contribution in [3.8, 4) is 0 Å². The van der Waals surface area contributed by atoms with Gasteiger partial charge in [0, 0.05) is 16.7 Å². The third-order valence-corrected chi connectivity index (χ3v) is 6.58. The number of carbonyl (C=O) groups is 2. The lowest BCUT2D eigenvalue weighted by atomic mass is 9.90. The quantitative estimate of drug-likeness (QED) is 0.763. The van der Waals surface area contributed by atoms with Crippen LogP contribution < -0.4 is 10.9 Å². The highest BCUT2D eigenvalue weighted by molar-refractivity contribution is 7.89. The number of benzene rings is 1. The van der Waals surface area contributed by atoms with Crippen LogP contribution in [-0.4, -0.2) is 26.5 Å². The summed E-state index contributed by atoms with van der Waals surface area (Å²) in [6.07, 6.45) is 4.29. The molecule has 1 aromatic carbocycles. The van der Waals surface area contributed by atoms with Gasteiger partial charge in [0.15, 0.2) is 9.84 Å². The number of sulfone groups is 1. The van der Waals surface area contributed by atoms with Crippen LogP contribution >= 0.6 is 11.3 Å². The summed E-state index contributed by atoms with van der Waals surface area (Å²) in [7, 11) is -3.12. The Hall–Kier alpha value is -2.19. The van der Waals surface area contributed by atoms with Crippen molar-refractivity contribution in [1.82, 2.24) is 10.9 Å². The maximum Gasteiger partial charge on any atom is 0.279 e. The molecule has 0 fully saturated rings. The van der Waals surface area contributed by atoms with Crippen molar-refractivity contribution < 1.29 is 18.0 Å². The first-order chi connectivity index (χ1) is 12.7. The Morgan fingerprint density at radius 2 is 1.81 bits per heavy atom. The Kier molecular flexibility index (Phi) is 5.67. The number of hydrogen-bond acceptors (Lipinski definition) is 5. The lowest BCUT2D eigenvalue weighted by Gasteiger charge is -2.16. The summed E-state index contributed by atoms with van der Waals surface area (Å²) in [5.74, 6) is -0.227. The highest BCUT2D eigenvalue weighted by atomic mass is 32.2. The normalized spacial score (nSPS) is 16.4. The molecule has 1 aliphatic carbocycles. The number of thiophene rings is 1. The number of hydrazine groups is 1. The SMILES string of the molecule is C[C@H]1CCc2sc(C(=O)NNC(=O)c3ccc(CS(C)(=O)=O)cc3)cc2C1. The van der Waals surface area contributed by atoms with Gasteiger partial charge in [0.25, 0.3) is 11.8 Å². The van der Waals surface area contributed by atoms with E-state index in [1.807, 2.05) is 6.07 Å². The average molecular weight is 407 g/mol. The van der Waals surface area contributed by atoms with Gasteiger partial charge in [-0.1, -0.05) is 19.1 Å². The lowest BCUT2D eigenvalue weighted by Crippen LogP contribution is -2.41. The van der Waals surface area contributed by atoms with Crippen molar-refractivity contribution in [1.29, 1.82) is 0 Å². The van der Waals surface area contributed by atoms with Gasteiger partial charge in [-0.3, -0.25) is 20.4 Å². The third kappa shape index (κ3) is 5.17. The van der Waals surface area contributed by atoms with Crippen LogP contribution in [0.15, 0.2) is 30.3 Å². The lowest BCUT2D eigenvalue weighted by molar-refractivity contribution is 0.0849. The van der Waals surface area contributed by atoms with E-state index < -0.39 is 15.7 Å². The minimum Gasteiger partial charge on any atom is -0.267 e. The van der Waals surface area contributed by atoms with Gasteiger partial charge in [-0.2, -0.15) is 0 Å². The Morgan fingerprint density at radius 3 is 2.48 bits per heavy atom. The molecule has 27 heavy (non-hydrogen) atoms. The molecular formula is C19H22N2O4S2. The predicted molar refractivity (Wildman–Crippen MR) is 105 cm³/mol. The largest absolute Gasteiger partial charge is 0.279 e. The second-order valence-corrected chi connectivity index (χ2v) is 10.4. The van der Waals surface area contributed by atoms with Crippen LogP contribution in [0.3, 0.4) is 0 Å². The molecule has 8 heteroatoms. The third-order valence-electron chi connectivity index (χ3n) is 4.49. The monoisotopic (exact) mass is 406 g/mol. The zero-order valence-electron chi connectivity index (χ0n) is 15.2. The Bertz CT molecular complexity index is 962. The Morgan fingerprint density at radius 1 is 1.15 bits per heavy atom. The number of hydrogen-bond donors (Lipinski definition) is 2. The average Bonchev–Trinajstić information content (AvgIpc) is 3.01. The molecule has 1 heterocycles. The van der Waals surface area contributed by atoms with Crippen molar-refractivity contribution >= 4 is 33.0 Å². The zero-order valence-corrected chi connectivity index (χ0v) is 16.9. The molecule has 6 nitrogen and oxygen atoms in total. The molecule has 0 aliphatic heterocycles. The van der Waals surface area contributed by atoms with Crippen LogP contribution in [-0.2, 0) is 28.4 Å². The zero-order chi connectivity index (χ0) is 19.6. The van der Waals surface area contributed by atoms with Gasteiger partial charge in [0.05, 0.1) is 10.6 Å². The van der Waals surface area contributed by atoms with E-state index in [0.29, 0.717) is 21.9 Å². The first kappa shape index (κ1) is 19.6. The van der Waals surface area contributed by atoms with E-state index in [1.54, 1.807) is 12.1 Å². The first-order valence-electron chi connectivity index (χ1n) is 8.70. The van der Waals surface area contributed by atoms with Crippen LogP contribution in [0, 0.1) is 5.92 Å².